The van der Waals surface area contributed by atoms with Gasteiger partial charge in [0.05, 0.1) is 17.7 Å². The molecule has 15 heavy (non-hydrogen) atoms. The summed E-state index contributed by atoms with van der Waals surface area (Å²) < 4.78 is 0. The molecule has 1 saturated heterocycles. The number of nitrogens with zero attached hydrogens (tertiary/aromatic N) is 1. The summed E-state index contributed by atoms with van der Waals surface area (Å²) in [5, 5.41) is 14.6. The minimum atomic E-state index is -0.718. The lowest BCUT2D eigenvalue weighted by Gasteiger charge is -2.26. The third kappa shape index (κ3) is 2.27. The molecular weight excluding hydrogens is 214 g/mol. The molecule has 1 aromatic heterocycles. The summed E-state index contributed by atoms with van der Waals surface area (Å²) >= 11 is 1.39. The smallest absolute Gasteiger partial charge is 0.306 e. The molecule has 0 aliphatic carbocycles. The molecule has 2 rings (SSSR count). The summed E-state index contributed by atoms with van der Waals surface area (Å²) in [5.74, 6) is -0.983. The molecule has 1 aromatic rings. The third-order valence-corrected chi connectivity index (χ3v) is 3.34. The van der Waals surface area contributed by atoms with Crippen LogP contribution in [0.1, 0.15) is 24.6 Å². The predicted octanol–water partition coefficient (Wildman–Crippen LogP) is 0.851. The number of anilines is 1. The van der Waals surface area contributed by atoms with E-state index < -0.39 is 5.97 Å². The number of carboxylic acids is 1. The summed E-state index contributed by atoms with van der Waals surface area (Å²) in [5.41, 5.74) is 6.41. The zero-order chi connectivity index (χ0) is 10.8. The van der Waals surface area contributed by atoms with E-state index in [4.69, 9.17) is 10.8 Å². The Hall–Kier alpha value is -1.14. The van der Waals surface area contributed by atoms with E-state index in [9.17, 15) is 4.79 Å². The van der Waals surface area contributed by atoms with Crippen molar-refractivity contribution in [3.8, 4) is 0 Å². The normalized spacial score (nSPS) is 26.4. The maximum Gasteiger partial charge on any atom is 0.306 e. The molecule has 0 bridgehead atoms. The Balaban J connectivity index is 2.07. The maximum absolute atomic E-state index is 10.9. The monoisotopic (exact) mass is 227 g/mol. The van der Waals surface area contributed by atoms with Crippen molar-refractivity contribution in [2.75, 3.05) is 12.3 Å². The minimum Gasteiger partial charge on any atom is -0.481 e. The number of hydrogen-bond acceptors (Lipinski definition) is 5. The van der Waals surface area contributed by atoms with Crippen molar-refractivity contribution in [3.05, 3.63) is 11.1 Å². The molecule has 2 unspecified atom stereocenters. The molecule has 1 aliphatic heterocycles. The first-order chi connectivity index (χ1) is 7.16. The molecule has 0 amide bonds. The summed E-state index contributed by atoms with van der Waals surface area (Å²) in [6, 6.07) is 0.0356. The number of nitrogens with two attached hydrogens (primary N) is 1. The second-order valence-electron chi connectivity index (χ2n) is 3.68. The van der Waals surface area contributed by atoms with E-state index in [0.717, 1.165) is 12.2 Å². The van der Waals surface area contributed by atoms with Crippen molar-refractivity contribution in [1.82, 2.24) is 10.3 Å². The molecule has 0 aromatic carbocycles. The fourth-order valence-electron chi connectivity index (χ4n) is 1.83. The van der Waals surface area contributed by atoms with Crippen LogP contribution in [0.2, 0.25) is 0 Å². The highest BCUT2D eigenvalue weighted by Crippen LogP contribution is 2.28. The van der Waals surface area contributed by atoms with Gasteiger partial charge in [-0.15, -0.1) is 11.3 Å². The van der Waals surface area contributed by atoms with Gasteiger partial charge in [0, 0.05) is 5.38 Å². The molecule has 6 heteroatoms. The van der Waals surface area contributed by atoms with Gasteiger partial charge in [0.15, 0.2) is 5.13 Å². The van der Waals surface area contributed by atoms with E-state index >= 15 is 0 Å². The second-order valence-corrected chi connectivity index (χ2v) is 4.57. The molecule has 2 atom stereocenters. The topological polar surface area (TPSA) is 88.2 Å². The quantitative estimate of drug-likeness (QED) is 0.697. The standard InChI is InChI=1S/C9H13N3O2S/c10-9-12-7(4-15-9)6-3-5(8(13)14)1-2-11-6/h4-6,11H,1-3H2,(H2,10,12)(H,13,14). The molecule has 4 N–H and O–H groups in total. The lowest BCUT2D eigenvalue weighted by atomic mass is 9.91. The number of nitrogen functional groups attached to an aromatic ring is 1. The Morgan fingerprint density at radius 3 is 3.13 bits per heavy atom. The van der Waals surface area contributed by atoms with E-state index in [0.29, 0.717) is 18.0 Å². The fourth-order valence-corrected chi connectivity index (χ4v) is 2.44. The van der Waals surface area contributed by atoms with Gasteiger partial charge in [-0.1, -0.05) is 0 Å². The highest BCUT2D eigenvalue weighted by Gasteiger charge is 2.28. The second kappa shape index (κ2) is 4.16. The van der Waals surface area contributed by atoms with Crippen LogP contribution in [0.5, 0.6) is 0 Å². The number of carbonyl (C=O) groups is 1. The van der Waals surface area contributed by atoms with Gasteiger partial charge in [-0.25, -0.2) is 4.98 Å². The van der Waals surface area contributed by atoms with Gasteiger partial charge in [-0.05, 0) is 19.4 Å². The molecule has 5 nitrogen and oxygen atoms in total. The number of piperidine rings is 1. The van der Waals surface area contributed by atoms with Crippen LogP contribution in [0.15, 0.2) is 5.38 Å². The predicted molar refractivity (Wildman–Crippen MR) is 57.6 cm³/mol. The van der Waals surface area contributed by atoms with Crippen molar-refractivity contribution >= 4 is 22.4 Å². The van der Waals surface area contributed by atoms with Crippen LogP contribution in [0.3, 0.4) is 0 Å². The van der Waals surface area contributed by atoms with Gasteiger partial charge >= 0.3 is 5.97 Å². The molecule has 0 spiro atoms. The first kappa shape index (κ1) is 10.4. The Labute approximate surface area is 91.3 Å². The molecule has 0 radical (unpaired) electrons. The first-order valence-corrected chi connectivity index (χ1v) is 5.72. The van der Waals surface area contributed by atoms with E-state index in [1.54, 1.807) is 0 Å². The van der Waals surface area contributed by atoms with Gasteiger partial charge in [-0.2, -0.15) is 0 Å². The van der Waals surface area contributed by atoms with Crippen LogP contribution in [-0.2, 0) is 4.79 Å². The van der Waals surface area contributed by atoms with Crippen LogP contribution in [-0.4, -0.2) is 22.6 Å². The first-order valence-electron chi connectivity index (χ1n) is 4.84. The van der Waals surface area contributed by atoms with E-state index in [1.165, 1.54) is 11.3 Å². The van der Waals surface area contributed by atoms with Crippen LogP contribution < -0.4 is 11.1 Å². The SMILES string of the molecule is Nc1nc(C2CC(C(=O)O)CCN2)cs1. The van der Waals surface area contributed by atoms with Crippen LogP contribution >= 0.6 is 11.3 Å². The Kier molecular flexibility index (Phi) is 2.88. The van der Waals surface area contributed by atoms with Gasteiger partial charge in [0.25, 0.3) is 0 Å². The zero-order valence-corrected chi connectivity index (χ0v) is 8.96. The van der Waals surface area contributed by atoms with E-state index in [-0.39, 0.29) is 12.0 Å². The van der Waals surface area contributed by atoms with Crippen LogP contribution in [0.4, 0.5) is 5.13 Å². The lowest BCUT2D eigenvalue weighted by Crippen LogP contribution is -2.35. The number of aliphatic carboxylic acids is 1. The van der Waals surface area contributed by atoms with Crippen molar-refractivity contribution in [2.24, 2.45) is 5.92 Å². The number of thiazole rings is 1. The van der Waals surface area contributed by atoms with E-state index in [1.807, 2.05) is 5.38 Å². The summed E-state index contributed by atoms with van der Waals surface area (Å²) in [6.07, 6.45) is 1.28. The van der Waals surface area contributed by atoms with Crippen molar-refractivity contribution < 1.29 is 9.90 Å². The Morgan fingerprint density at radius 2 is 2.53 bits per heavy atom. The maximum atomic E-state index is 10.9. The van der Waals surface area contributed by atoms with Crippen LogP contribution in [0.25, 0.3) is 0 Å². The van der Waals surface area contributed by atoms with Crippen molar-refractivity contribution in [2.45, 2.75) is 18.9 Å². The molecule has 1 aliphatic rings. The number of aromatic nitrogens is 1. The molecule has 0 saturated carbocycles. The highest BCUT2D eigenvalue weighted by atomic mass is 32.1. The van der Waals surface area contributed by atoms with Gasteiger partial charge in [-0.3, -0.25) is 4.79 Å². The summed E-state index contributed by atoms with van der Waals surface area (Å²) in [7, 11) is 0. The number of hydrogen-bond donors (Lipinski definition) is 3. The van der Waals surface area contributed by atoms with E-state index in [2.05, 4.69) is 10.3 Å². The number of rotatable bonds is 2. The fraction of sp³-hybridized carbons (Fsp3) is 0.556. The number of carboxylic acid groups (broad SMARTS) is 1. The van der Waals surface area contributed by atoms with Crippen molar-refractivity contribution in [3.63, 3.8) is 0 Å². The Morgan fingerprint density at radius 1 is 1.73 bits per heavy atom. The van der Waals surface area contributed by atoms with Gasteiger partial charge in [0.1, 0.15) is 0 Å². The average Bonchev–Trinajstić information content (AvgIpc) is 2.65. The minimum absolute atomic E-state index is 0.0356. The number of nitrogens with one attached hydrogen (secondary N) is 1. The lowest BCUT2D eigenvalue weighted by molar-refractivity contribution is -0.143. The third-order valence-electron chi connectivity index (χ3n) is 2.65. The molecular formula is C9H13N3O2S. The molecule has 1 fully saturated rings. The largest absolute Gasteiger partial charge is 0.481 e. The molecule has 82 valence electrons. The summed E-state index contributed by atoms with van der Waals surface area (Å²) in [4.78, 5) is 15.0. The Bertz CT molecular complexity index is 366. The zero-order valence-electron chi connectivity index (χ0n) is 8.14. The van der Waals surface area contributed by atoms with Gasteiger partial charge in [0.2, 0.25) is 0 Å². The van der Waals surface area contributed by atoms with Crippen LogP contribution in [0, 0.1) is 5.92 Å². The molecule has 2 heterocycles. The summed E-state index contributed by atoms with van der Waals surface area (Å²) in [6.45, 7) is 0.721. The van der Waals surface area contributed by atoms with Crippen molar-refractivity contribution in [1.29, 1.82) is 0 Å². The highest BCUT2D eigenvalue weighted by molar-refractivity contribution is 7.13. The van der Waals surface area contributed by atoms with Gasteiger partial charge < -0.3 is 16.2 Å². The average molecular weight is 227 g/mol.